The van der Waals surface area contributed by atoms with E-state index in [0.717, 1.165) is 11.3 Å². The third-order valence-corrected chi connectivity index (χ3v) is 2.15. The summed E-state index contributed by atoms with van der Waals surface area (Å²) in [5.74, 6) is -0.899. The molecule has 0 spiro atoms. The minimum atomic E-state index is -0.899. The van der Waals surface area contributed by atoms with Gasteiger partial charge in [-0.25, -0.2) is 4.79 Å². The van der Waals surface area contributed by atoms with E-state index < -0.39 is 5.97 Å². The zero-order valence-corrected chi connectivity index (χ0v) is 8.10. The Hall–Kier alpha value is -1.29. The maximum atomic E-state index is 10.3. The summed E-state index contributed by atoms with van der Waals surface area (Å²) in [6.07, 6.45) is 1.21. The van der Waals surface area contributed by atoms with Gasteiger partial charge in [0, 0.05) is 23.7 Å². The van der Waals surface area contributed by atoms with Gasteiger partial charge >= 0.3 is 5.97 Å². The van der Waals surface area contributed by atoms with Crippen LogP contribution < -0.4 is 5.32 Å². The van der Waals surface area contributed by atoms with Crippen molar-refractivity contribution < 1.29 is 9.90 Å². The first-order valence-corrected chi connectivity index (χ1v) is 4.79. The van der Waals surface area contributed by atoms with Crippen molar-refractivity contribution >= 4 is 23.0 Å². The van der Waals surface area contributed by atoms with Crippen LogP contribution in [0.5, 0.6) is 0 Å². The van der Waals surface area contributed by atoms with Gasteiger partial charge in [-0.15, -0.1) is 0 Å². The summed E-state index contributed by atoms with van der Waals surface area (Å²) in [7, 11) is 0. The van der Waals surface area contributed by atoms with Gasteiger partial charge in [-0.05, 0) is 23.9 Å². The third-order valence-electron chi connectivity index (χ3n) is 1.46. The van der Waals surface area contributed by atoms with Crippen LogP contribution in [-0.2, 0) is 4.79 Å². The van der Waals surface area contributed by atoms with Crippen molar-refractivity contribution in [2.24, 2.45) is 0 Å². The lowest BCUT2D eigenvalue weighted by Gasteiger charge is -2.02. The van der Waals surface area contributed by atoms with Crippen molar-refractivity contribution in [3.05, 3.63) is 28.5 Å². The number of hydrogen-bond acceptors (Lipinski definition) is 3. The molecule has 1 aromatic heterocycles. The van der Waals surface area contributed by atoms with E-state index >= 15 is 0 Å². The SMILES string of the molecule is C/C(=C/C(=O)O)CNc1ccsc1. The topological polar surface area (TPSA) is 49.3 Å². The Balaban J connectivity index is 2.39. The fraction of sp³-hybridized carbons (Fsp3) is 0.222. The summed E-state index contributed by atoms with van der Waals surface area (Å²) in [6, 6.07) is 1.96. The molecule has 0 saturated heterocycles. The molecular formula is C9H11NO2S. The van der Waals surface area contributed by atoms with Gasteiger partial charge in [0.2, 0.25) is 0 Å². The van der Waals surface area contributed by atoms with Crippen molar-refractivity contribution in [3.8, 4) is 0 Å². The Morgan fingerprint density at radius 3 is 3.08 bits per heavy atom. The fourth-order valence-electron chi connectivity index (χ4n) is 0.868. The first-order valence-electron chi connectivity index (χ1n) is 3.84. The van der Waals surface area contributed by atoms with Gasteiger partial charge in [-0.3, -0.25) is 0 Å². The van der Waals surface area contributed by atoms with Crippen LogP contribution in [0.15, 0.2) is 28.5 Å². The Morgan fingerprint density at radius 1 is 1.77 bits per heavy atom. The van der Waals surface area contributed by atoms with E-state index in [9.17, 15) is 4.79 Å². The molecule has 3 nitrogen and oxygen atoms in total. The molecule has 0 atom stereocenters. The molecule has 0 unspecified atom stereocenters. The molecule has 1 aromatic rings. The second kappa shape index (κ2) is 4.67. The molecule has 4 heteroatoms. The highest BCUT2D eigenvalue weighted by Crippen LogP contribution is 2.11. The molecule has 0 aromatic carbocycles. The molecule has 0 aliphatic rings. The highest BCUT2D eigenvalue weighted by atomic mass is 32.1. The largest absolute Gasteiger partial charge is 0.478 e. The van der Waals surface area contributed by atoms with Gasteiger partial charge in [0.15, 0.2) is 0 Å². The first kappa shape index (κ1) is 9.80. The molecule has 1 heterocycles. The van der Waals surface area contributed by atoms with E-state index in [1.54, 1.807) is 18.3 Å². The van der Waals surface area contributed by atoms with Gasteiger partial charge in [0.1, 0.15) is 0 Å². The van der Waals surface area contributed by atoms with Crippen molar-refractivity contribution in [1.82, 2.24) is 0 Å². The van der Waals surface area contributed by atoms with Gasteiger partial charge in [0.25, 0.3) is 0 Å². The van der Waals surface area contributed by atoms with Gasteiger partial charge < -0.3 is 10.4 Å². The lowest BCUT2D eigenvalue weighted by atomic mass is 10.3. The van der Waals surface area contributed by atoms with E-state index in [2.05, 4.69) is 5.32 Å². The minimum absolute atomic E-state index is 0.572. The van der Waals surface area contributed by atoms with E-state index in [4.69, 9.17) is 5.11 Å². The average Bonchev–Trinajstić information content (AvgIpc) is 2.51. The summed E-state index contributed by atoms with van der Waals surface area (Å²) in [5.41, 5.74) is 1.84. The maximum Gasteiger partial charge on any atom is 0.328 e. The molecule has 1 rings (SSSR count). The lowest BCUT2D eigenvalue weighted by molar-refractivity contribution is -0.131. The van der Waals surface area contributed by atoms with Crippen LogP contribution in [0.25, 0.3) is 0 Å². The molecule has 70 valence electrons. The maximum absolute atomic E-state index is 10.3. The molecule has 0 saturated carbocycles. The number of carbonyl (C=O) groups is 1. The number of aliphatic carboxylic acids is 1. The van der Waals surface area contributed by atoms with Crippen LogP contribution in [0.1, 0.15) is 6.92 Å². The number of rotatable bonds is 4. The Kier molecular flexibility index (Phi) is 3.52. The van der Waals surface area contributed by atoms with Crippen molar-refractivity contribution in [2.75, 3.05) is 11.9 Å². The number of hydrogen-bond donors (Lipinski definition) is 2. The smallest absolute Gasteiger partial charge is 0.328 e. The summed E-state index contributed by atoms with van der Waals surface area (Å²) in [5, 5.41) is 15.5. The summed E-state index contributed by atoms with van der Waals surface area (Å²) in [4.78, 5) is 10.3. The number of carboxylic acids is 1. The summed E-state index contributed by atoms with van der Waals surface area (Å²) < 4.78 is 0. The van der Waals surface area contributed by atoms with Crippen LogP contribution in [0.4, 0.5) is 5.69 Å². The molecule has 2 N–H and O–H groups in total. The molecule has 0 bridgehead atoms. The van der Waals surface area contributed by atoms with Gasteiger partial charge in [-0.1, -0.05) is 0 Å². The van der Waals surface area contributed by atoms with E-state index in [0.29, 0.717) is 6.54 Å². The van der Waals surface area contributed by atoms with Crippen molar-refractivity contribution in [2.45, 2.75) is 6.92 Å². The van der Waals surface area contributed by atoms with Crippen LogP contribution in [0.2, 0.25) is 0 Å². The van der Waals surface area contributed by atoms with Crippen LogP contribution in [-0.4, -0.2) is 17.6 Å². The highest BCUT2D eigenvalue weighted by molar-refractivity contribution is 7.08. The van der Waals surface area contributed by atoms with E-state index in [-0.39, 0.29) is 0 Å². The molecule has 0 aliphatic carbocycles. The molecule has 0 radical (unpaired) electrons. The standard InChI is InChI=1S/C9H11NO2S/c1-7(4-9(11)12)5-10-8-2-3-13-6-8/h2-4,6,10H,5H2,1H3,(H,11,12)/b7-4-. The van der Waals surface area contributed by atoms with Crippen molar-refractivity contribution in [1.29, 1.82) is 0 Å². The van der Waals surface area contributed by atoms with Crippen LogP contribution >= 0.6 is 11.3 Å². The zero-order chi connectivity index (χ0) is 9.68. The van der Waals surface area contributed by atoms with Crippen LogP contribution in [0.3, 0.4) is 0 Å². The fourth-order valence-corrected chi connectivity index (χ4v) is 1.48. The number of carboxylic acid groups (broad SMARTS) is 1. The quantitative estimate of drug-likeness (QED) is 0.727. The predicted octanol–water partition coefficient (Wildman–Crippen LogP) is 2.19. The van der Waals surface area contributed by atoms with Crippen LogP contribution in [0, 0.1) is 0 Å². The number of thiophene rings is 1. The molecule has 13 heavy (non-hydrogen) atoms. The lowest BCUT2D eigenvalue weighted by Crippen LogP contribution is -2.03. The first-order chi connectivity index (χ1) is 6.18. The Labute approximate surface area is 80.7 Å². The molecule has 0 amide bonds. The minimum Gasteiger partial charge on any atom is -0.478 e. The zero-order valence-electron chi connectivity index (χ0n) is 7.28. The second-order valence-corrected chi connectivity index (χ2v) is 3.47. The van der Waals surface area contributed by atoms with Gasteiger partial charge in [0.05, 0.1) is 0 Å². The molecular weight excluding hydrogens is 186 g/mol. The third kappa shape index (κ3) is 3.75. The molecule has 0 aliphatic heterocycles. The normalized spacial score (nSPS) is 11.3. The van der Waals surface area contributed by atoms with E-state index in [1.807, 2.05) is 16.8 Å². The highest BCUT2D eigenvalue weighted by Gasteiger charge is 1.95. The number of anilines is 1. The molecule has 0 fully saturated rings. The summed E-state index contributed by atoms with van der Waals surface area (Å²) >= 11 is 1.61. The van der Waals surface area contributed by atoms with Gasteiger partial charge in [-0.2, -0.15) is 11.3 Å². The second-order valence-electron chi connectivity index (χ2n) is 2.69. The number of nitrogens with one attached hydrogen (secondary N) is 1. The van der Waals surface area contributed by atoms with E-state index in [1.165, 1.54) is 6.08 Å². The summed E-state index contributed by atoms with van der Waals surface area (Å²) in [6.45, 7) is 2.36. The Bertz CT molecular complexity index is 303. The van der Waals surface area contributed by atoms with Crippen molar-refractivity contribution in [3.63, 3.8) is 0 Å². The monoisotopic (exact) mass is 197 g/mol. The predicted molar refractivity (Wildman–Crippen MR) is 54.2 cm³/mol. The Morgan fingerprint density at radius 2 is 2.54 bits per heavy atom. The average molecular weight is 197 g/mol.